The van der Waals surface area contributed by atoms with Crippen LogP contribution in [0, 0.1) is 0 Å². The average Bonchev–Trinajstić information content (AvgIpc) is 3.17. The minimum Gasteiger partial charge on any atom is -0.454 e. The number of rotatable bonds is 4. The summed E-state index contributed by atoms with van der Waals surface area (Å²) < 4.78 is 7.68. The molecule has 0 saturated carbocycles. The van der Waals surface area contributed by atoms with Crippen molar-refractivity contribution in [1.29, 1.82) is 0 Å². The van der Waals surface area contributed by atoms with Gasteiger partial charge in [0.2, 0.25) is 0 Å². The summed E-state index contributed by atoms with van der Waals surface area (Å²) in [6.45, 7) is 2.02. The molecule has 6 heteroatoms. The molecule has 0 spiro atoms. The van der Waals surface area contributed by atoms with Gasteiger partial charge in [-0.15, -0.1) is 5.10 Å². The van der Waals surface area contributed by atoms with E-state index in [0.29, 0.717) is 5.82 Å². The van der Waals surface area contributed by atoms with E-state index in [1.807, 2.05) is 49.4 Å². The third-order valence-corrected chi connectivity index (χ3v) is 3.81. The molecule has 4 aromatic rings. The third-order valence-electron chi connectivity index (χ3n) is 3.81. The first kappa shape index (κ1) is 13.8. The molecule has 0 fully saturated rings. The molecule has 3 heterocycles. The summed E-state index contributed by atoms with van der Waals surface area (Å²) in [7, 11) is 0. The molecule has 0 saturated heterocycles. The van der Waals surface area contributed by atoms with Crippen molar-refractivity contribution in [2.24, 2.45) is 5.73 Å². The van der Waals surface area contributed by atoms with Gasteiger partial charge in [-0.05, 0) is 30.7 Å². The monoisotopic (exact) mass is 307 g/mol. The number of imidazole rings is 1. The summed E-state index contributed by atoms with van der Waals surface area (Å²) >= 11 is 0. The Morgan fingerprint density at radius 2 is 2.13 bits per heavy atom. The highest BCUT2D eigenvalue weighted by Crippen LogP contribution is 2.28. The first-order valence-corrected chi connectivity index (χ1v) is 7.60. The van der Waals surface area contributed by atoms with Crippen LogP contribution in [-0.2, 0) is 0 Å². The zero-order chi connectivity index (χ0) is 15.8. The fourth-order valence-corrected chi connectivity index (χ4v) is 2.52. The molecule has 0 aliphatic heterocycles. The number of fused-ring (bicyclic) bond motifs is 2. The van der Waals surface area contributed by atoms with E-state index in [1.54, 1.807) is 10.7 Å². The van der Waals surface area contributed by atoms with Gasteiger partial charge in [-0.1, -0.05) is 25.1 Å². The van der Waals surface area contributed by atoms with E-state index in [2.05, 4.69) is 15.4 Å². The SMILES string of the molecule is CCC(N)Nc1ccc2ncc(-c3cc4ccccc4o3)n2n1. The molecule has 0 bridgehead atoms. The van der Waals surface area contributed by atoms with Crippen LogP contribution < -0.4 is 11.1 Å². The summed E-state index contributed by atoms with van der Waals surface area (Å²) in [5.74, 6) is 1.45. The third kappa shape index (κ3) is 2.43. The zero-order valence-electron chi connectivity index (χ0n) is 12.7. The Bertz CT molecular complexity index is 938. The van der Waals surface area contributed by atoms with Crippen molar-refractivity contribution in [3.05, 3.63) is 48.7 Å². The number of hydrogen-bond acceptors (Lipinski definition) is 5. The maximum atomic E-state index is 5.93. The second-order valence-corrected chi connectivity index (χ2v) is 5.44. The van der Waals surface area contributed by atoms with Gasteiger partial charge in [-0.3, -0.25) is 0 Å². The molecule has 0 radical (unpaired) electrons. The predicted molar refractivity (Wildman–Crippen MR) is 90.1 cm³/mol. The highest BCUT2D eigenvalue weighted by atomic mass is 16.3. The Morgan fingerprint density at radius 1 is 1.26 bits per heavy atom. The number of nitrogens with two attached hydrogens (primary N) is 1. The lowest BCUT2D eigenvalue weighted by Crippen LogP contribution is -2.29. The first-order chi connectivity index (χ1) is 11.2. The van der Waals surface area contributed by atoms with E-state index in [0.717, 1.165) is 34.5 Å². The first-order valence-electron chi connectivity index (χ1n) is 7.60. The summed E-state index contributed by atoms with van der Waals surface area (Å²) in [4.78, 5) is 4.39. The van der Waals surface area contributed by atoms with E-state index in [4.69, 9.17) is 10.2 Å². The molecule has 0 amide bonds. The summed E-state index contributed by atoms with van der Waals surface area (Å²) in [6.07, 6.45) is 2.46. The van der Waals surface area contributed by atoms with Crippen molar-refractivity contribution in [2.75, 3.05) is 5.32 Å². The second-order valence-electron chi connectivity index (χ2n) is 5.44. The summed E-state index contributed by atoms with van der Waals surface area (Å²) in [6, 6.07) is 13.7. The van der Waals surface area contributed by atoms with Gasteiger partial charge < -0.3 is 15.5 Å². The van der Waals surface area contributed by atoms with Crippen LogP contribution >= 0.6 is 0 Å². The molecule has 0 aliphatic carbocycles. The fourth-order valence-electron chi connectivity index (χ4n) is 2.52. The fraction of sp³-hybridized carbons (Fsp3) is 0.176. The Morgan fingerprint density at radius 3 is 2.96 bits per heavy atom. The van der Waals surface area contributed by atoms with Gasteiger partial charge in [0.05, 0.1) is 12.4 Å². The molecule has 0 aliphatic rings. The second kappa shape index (κ2) is 5.40. The Labute approximate surface area is 132 Å². The van der Waals surface area contributed by atoms with Crippen LogP contribution in [0.4, 0.5) is 5.82 Å². The highest BCUT2D eigenvalue weighted by molar-refractivity contribution is 5.82. The summed E-state index contributed by atoms with van der Waals surface area (Å²) in [5, 5.41) is 8.79. The maximum absolute atomic E-state index is 5.93. The number of para-hydroxylation sites is 1. The van der Waals surface area contributed by atoms with Gasteiger partial charge in [0.1, 0.15) is 17.1 Å². The van der Waals surface area contributed by atoms with Gasteiger partial charge in [0.25, 0.3) is 0 Å². The van der Waals surface area contributed by atoms with Crippen molar-refractivity contribution in [2.45, 2.75) is 19.5 Å². The number of nitrogens with one attached hydrogen (secondary N) is 1. The molecular formula is C17H17N5O. The van der Waals surface area contributed by atoms with Crippen LogP contribution in [0.1, 0.15) is 13.3 Å². The van der Waals surface area contributed by atoms with E-state index in [-0.39, 0.29) is 6.17 Å². The largest absolute Gasteiger partial charge is 0.454 e. The van der Waals surface area contributed by atoms with Crippen LogP contribution in [-0.4, -0.2) is 20.8 Å². The molecule has 3 N–H and O–H groups in total. The van der Waals surface area contributed by atoms with E-state index in [9.17, 15) is 0 Å². The maximum Gasteiger partial charge on any atom is 0.155 e. The Hall–Kier alpha value is -2.86. The number of nitrogens with zero attached hydrogens (tertiary/aromatic N) is 3. The van der Waals surface area contributed by atoms with Crippen molar-refractivity contribution in [3.63, 3.8) is 0 Å². The quantitative estimate of drug-likeness (QED) is 0.566. The normalized spacial score (nSPS) is 12.8. The summed E-state index contributed by atoms with van der Waals surface area (Å²) in [5.41, 5.74) is 8.35. The van der Waals surface area contributed by atoms with Crippen molar-refractivity contribution < 1.29 is 4.42 Å². The van der Waals surface area contributed by atoms with E-state index < -0.39 is 0 Å². The van der Waals surface area contributed by atoms with Crippen LogP contribution in [0.3, 0.4) is 0 Å². The minimum absolute atomic E-state index is 0.127. The molecule has 3 aromatic heterocycles. The van der Waals surface area contributed by atoms with Crippen molar-refractivity contribution in [3.8, 4) is 11.5 Å². The number of aromatic nitrogens is 3. The van der Waals surface area contributed by atoms with Crippen molar-refractivity contribution >= 4 is 22.4 Å². The predicted octanol–water partition coefficient (Wildman–Crippen LogP) is 3.25. The number of anilines is 1. The standard InChI is InChI=1S/C17H17N5O/c1-2-15(18)20-16-7-8-17-19-10-12(22(17)21-16)14-9-11-5-3-4-6-13(11)23-14/h3-10,15H,2,18H2,1H3,(H,20,21). The van der Waals surface area contributed by atoms with Crippen LogP contribution in [0.2, 0.25) is 0 Å². The van der Waals surface area contributed by atoms with Gasteiger partial charge in [0, 0.05) is 5.39 Å². The number of hydrogen-bond donors (Lipinski definition) is 2. The Balaban J connectivity index is 1.81. The lowest BCUT2D eigenvalue weighted by Gasteiger charge is -2.12. The molecular weight excluding hydrogens is 290 g/mol. The molecule has 4 rings (SSSR count). The molecule has 6 nitrogen and oxygen atoms in total. The lowest BCUT2D eigenvalue weighted by atomic mass is 10.2. The number of furan rings is 1. The van der Waals surface area contributed by atoms with E-state index in [1.165, 1.54) is 0 Å². The van der Waals surface area contributed by atoms with Gasteiger partial charge in [0.15, 0.2) is 11.4 Å². The Kier molecular flexibility index (Phi) is 3.24. The van der Waals surface area contributed by atoms with Gasteiger partial charge >= 0.3 is 0 Å². The van der Waals surface area contributed by atoms with Crippen LogP contribution in [0.5, 0.6) is 0 Å². The molecule has 1 atom stereocenters. The molecule has 23 heavy (non-hydrogen) atoms. The topological polar surface area (TPSA) is 81.4 Å². The lowest BCUT2D eigenvalue weighted by molar-refractivity contribution is 0.625. The van der Waals surface area contributed by atoms with Gasteiger partial charge in [-0.25, -0.2) is 9.50 Å². The highest BCUT2D eigenvalue weighted by Gasteiger charge is 2.13. The van der Waals surface area contributed by atoms with E-state index >= 15 is 0 Å². The van der Waals surface area contributed by atoms with Gasteiger partial charge in [-0.2, -0.15) is 0 Å². The smallest absolute Gasteiger partial charge is 0.155 e. The van der Waals surface area contributed by atoms with Crippen LogP contribution in [0.15, 0.2) is 53.1 Å². The van der Waals surface area contributed by atoms with Crippen LogP contribution in [0.25, 0.3) is 28.1 Å². The molecule has 1 aromatic carbocycles. The molecule has 1 unspecified atom stereocenters. The number of benzene rings is 1. The minimum atomic E-state index is -0.127. The zero-order valence-corrected chi connectivity index (χ0v) is 12.7. The average molecular weight is 307 g/mol. The molecule has 116 valence electrons. The van der Waals surface area contributed by atoms with Crippen molar-refractivity contribution in [1.82, 2.24) is 14.6 Å².